The molecule has 0 atom stereocenters. The highest BCUT2D eigenvalue weighted by Crippen LogP contribution is 2.30. The summed E-state index contributed by atoms with van der Waals surface area (Å²) >= 11 is 12.0. The molecule has 106 valence electrons. The van der Waals surface area contributed by atoms with E-state index in [2.05, 4.69) is 10.2 Å². The molecule has 7 heteroatoms. The molecule has 3 rings (SSSR count). The van der Waals surface area contributed by atoms with Gasteiger partial charge in [-0.3, -0.25) is 0 Å². The zero-order valence-electron chi connectivity index (χ0n) is 10.7. The second-order valence-corrected chi connectivity index (χ2v) is 5.20. The second kappa shape index (κ2) is 5.27. The Balaban J connectivity index is 1.99. The molecule has 1 heterocycles. The van der Waals surface area contributed by atoms with Crippen LogP contribution in [0.5, 0.6) is 0 Å². The smallest absolute Gasteiger partial charge is 0.248 e. The SMILES string of the molecule is Nc1ccc(-c2nnc(-c3ccc(N)c(Cl)c3)o2)cc1Cl. The van der Waals surface area contributed by atoms with E-state index in [4.69, 9.17) is 39.1 Å². The molecule has 21 heavy (non-hydrogen) atoms. The second-order valence-electron chi connectivity index (χ2n) is 4.38. The van der Waals surface area contributed by atoms with E-state index in [1.165, 1.54) is 0 Å². The fraction of sp³-hybridized carbons (Fsp3) is 0. The Morgan fingerprint density at radius 1 is 0.762 bits per heavy atom. The Morgan fingerprint density at radius 2 is 1.19 bits per heavy atom. The molecule has 1 aromatic heterocycles. The first-order valence-corrected chi connectivity index (χ1v) is 6.74. The number of hydrogen-bond acceptors (Lipinski definition) is 5. The van der Waals surface area contributed by atoms with E-state index < -0.39 is 0 Å². The zero-order chi connectivity index (χ0) is 15.0. The highest BCUT2D eigenvalue weighted by atomic mass is 35.5. The van der Waals surface area contributed by atoms with Crippen molar-refractivity contribution in [3.63, 3.8) is 0 Å². The first kappa shape index (κ1) is 13.7. The van der Waals surface area contributed by atoms with Crippen molar-refractivity contribution in [2.75, 3.05) is 11.5 Å². The normalized spacial score (nSPS) is 10.8. The van der Waals surface area contributed by atoms with Gasteiger partial charge in [-0.25, -0.2) is 0 Å². The Hall–Kier alpha value is -2.24. The zero-order valence-corrected chi connectivity index (χ0v) is 12.2. The van der Waals surface area contributed by atoms with Crippen LogP contribution in [0.15, 0.2) is 40.8 Å². The van der Waals surface area contributed by atoms with Gasteiger partial charge in [-0.2, -0.15) is 0 Å². The van der Waals surface area contributed by atoms with Gasteiger partial charge in [-0.05, 0) is 36.4 Å². The molecule has 0 spiro atoms. The van der Waals surface area contributed by atoms with Crippen molar-refractivity contribution in [3.8, 4) is 22.9 Å². The van der Waals surface area contributed by atoms with E-state index in [-0.39, 0.29) is 0 Å². The molecule has 0 saturated carbocycles. The lowest BCUT2D eigenvalue weighted by atomic mass is 10.2. The third kappa shape index (κ3) is 2.66. The largest absolute Gasteiger partial charge is 0.416 e. The van der Waals surface area contributed by atoms with Gasteiger partial charge < -0.3 is 15.9 Å². The van der Waals surface area contributed by atoms with Gasteiger partial charge in [-0.15, -0.1) is 10.2 Å². The number of benzene rings is 2. The number of nitrogen functional groups attached to an aromatic ring is 2. The number of hydrogen-bond donors (Lipinski definition) is 2. The van der Waals surface area contributed by atoms with Crippen LogP contribution in [0.1, 0.15) is 0 Å². The summed E-state index contributed by atoms with van der Waals surface area (Å²) in [6.45, 7) is 0. The van der Waals surface area contributed by atoms with Crippen LogP contribution in [0.4, 0.5) is 11.4 Å². The number of aromatic nitrogens is 2. The van der Waals surface area contributed by atoms with Crippen LogP contribution in [0.2, 0.25) is 10.0 Å². The Bertz CT molecular complexity index is 750. The minimum atomic E-state index is 0.347. The predicted octanol–water partition coefficient (Wildman–Crippen LogP) is 3.87. The van der Waals surface area contributed by atoms with E-state index in [9.17, 15) is 0 Å². The lowest BCUT2D eigenvalue weighted by Crippen LogP contribution is -1.86. The van der Waals surface area contributed by atoms with E-state index in [1.54, 1.807) is 36.4 Å². The molecule has 0 saturated heterocycles. The summed E-state index contributed by atoms with van der Waals surface area (Å²) in [5.74, 6) is 0.694. The Kier molecular flexibility index (Phi) is 3.45. The van der Waals surface area contributed by atoms with Crippen LogP contribution in [0, 0.1) is 0 Å². The Morgan fingerprint density at radius 3 is 1.57 bits per heavy atom. The van der Waals surface area contributed by atoms with Crippen LogP contribution in [0.25, 0.3) is 22.9 Å². The summed E-state index contributed by atoms with van der Waals surface area (Å²) in [5, 5.41) is 8.86. The van der Waals surface area contributed by atoms with Gasteiger partial charge in [0.25, 0.3) is 0 Å². The molecular formula is C14H10Cl2N4O. The average Bonchev–Trinajstić information content (AvgIpc) is 2.94. The summed E-state index contributed by atoms with van der Waals surface area (Å²) in [6, 6.07) is 10.2. The number of anilines is 2. The third-order valence-electron chi connectivity index (χ3n) is 2.92. The van der Waals surface area contributed by atoms with Gasteiger partial charge >= 0.3 is 0 Å². The summed E-state index contributed by atoms with van der Waals surface area (Å²) < 4.78 is 5.62. The van der Waals surface area contributed by atoms with Crippen LogP contribution < -0.4 is 11.5 Å². The summed E-state index contributed by atoms with van der Waals surface area (Å²) in [4.78, 5) is 0. The lowest BCUT2D eigenvalue weighted by molar-refractivity contribution is 0.584. The molecule has 0 aliphatic heterocycles. The van der Waals surface area contributed by atoms with E-state index >= 15 is 0 Å². The summed E-state index contributed by atoms with van der Waals surface area (Å²) in [5.41, 5.74) is 13.7. The molecule has 4 N–H and O–H groups in total. The van der Waals surface area contributed by atoms with Gasteiger partial charge in [0, 0.05) is 11.1 Å². The molecule has 0 amide bonds. The molecule has 0 aliphatic carbocycles. The minimum absolute atomic E-state index is 0.347. The van der Waals surface area contributed by atoms with Gasteiger partial charge in [0.05, 0.1) is 21.4 Å². The fourth-order valence-electron chi connectivity index (χ4n) is 1.78. The van der Waals surface area contributed by atoms with Crippen molar-refractivity contribution in [3.05, 3.63) is 46.4 Å². The number of nitrogens with zero attached hydrogens (tertiary/aromatic N) is 2. The van der Waals surface area contributed by atoms with Gasteiger partial charge in [-0.1, -0.05) is 23.2 Å². The van der Waals surface area contributed by atoms with Crippen molar-refractivity contribution >= 4 is 34.6 Å². The van der Waals surface area contributed by atoms with Crippen LogP contribution in [-0.2, 0) is 0 Å². The Labute approximate surface area is 130 Å². The van der Waals surface area contributed by atoms with E-state index in [1.807, 2.05) is 0 Å². The van der Waals surface area contributed by atoms with Crippen LogP contribution >= 0.6 is 23.2 Å². The minimum Gasteiger partial charge on any atom is -0.416 e. The van der Waals surface area contributed by atoms with Crippen molar-refractivity contribution in [2.45, 2.75) is 0 Å². The van der Waals surface area contributed by atoms with E-state index in [0.29, 0.717) is 44.3 Å². The highest BCUT2D eigenvalue weighted by molar-refractivity contribution is 6.33. The molecule has 0 bridgehead atoms. The van der Waals surface area contributed by atoms with E-state index in [0.717, 1.165) is 0 Å². The predicted molar refractivity (Wildman–Crippen MR) is 84.0 cm³/mol. The van der Waals surface area contributed by atoms with Crippen molar-refractivity contribution in [2.24, 2.45) is 0 Å². The molecule has 0 unspecified atom stereocenters. The standard InChI is InChI=1S/C14H10Cl2N4O/c15-9-5-7(1-3-11(9)17)13-19-20-14(21-13)8-2-4-12(18)10(16)6-8/h1-6H,17-18H2. The van der Waals surface area contributed by atoms with Gasteiger partial charge in [0.15, 0.2) is 0 Å². The molecule has 0 fully saturated rings. The third-order valence-corrected chi connectivity index (χ3v) is 3.57. The average molecular weight is 321 g/mol. The quantitative estimate of drug-likeness (QED) is 0.699. The number of halogens is 2. The molecular weight excluding hydrogens is 311 g/mol. The van der Waals surface area contributed by atoms with Crippen molar-refractivity contribution < 1.29 is 4.42 Å². The van der Waals surface area contributed by atoms with Crippen LogP contribution in [-0.4, -0.2) is 10.2 Å². The maximum atomic E-state index is 5.98. The monoisotopic (exact) mass is 320 g/mol. The van der Waals surface area contributed by atoms with Crippen LogP contribution in [0.3, 0.4) is 0 Å². The molecule has 3 aromatic rings. The number of rotatable bonds is 2. The highest BCUT2D eigenvalue weighted by Gasteiger charge is 2.12. The van der Waals surface area contributed by atoms with Gasteiger partial charge in [0.2, 0.25) is 11.8 Å². The first-order chi connectivity index (χ1) is 10.0. The lowest BCUT2D eigenvalue weighted by Gasteiger charge is -2.00. The van der Waals surface area contributed by atoms with Gasteiger partial charge in [0.1, 0.15) is 0 Å². The van der Waals surface area contributed by atoms with Crippen molar-refractivity contribution in [1.82, 2.24) is 10.2 Å². The number of nitrogens with two attached hydrogens (primary N) is 2. The maximum Gasteiger partial charge on any atom is 0.248 e. The topological polar surface area (TPSA) is 91.0 Å². The maximum absolute atomic E-state index is 5.98. The molecule has 0 radical (unpaired) electrons. The first-order valence-electron chi connectivity index (χ1n) is 5.99. The van der Waals surface area contributed by atoms with Crippen molar-refractivity contribution in [1.29, 1.82) is 0 Å². The fourth-order valence-corrected chi connectivity index (χ4v) is 2.14. The summed E-state index contributed by atoms with van der Waals surface area (Å²) in [6.07, 6.45) is 0. The molecule has 2 aromatic carbocycles. The molecule has 5 nitrogen and oxygen atoms in total. The summed E-state index contributed by atoms with van der Waals surface area (Å²) in [7, 11) is 0. The molecule has 0 aliphatic rings.